The fourth-order valence-electron chi connectivity index (χ4n) is 9.87. The standard InChI is InChI=1S/C44H31N5.C20H14N4/c45-32-18-10-17-31(27-32)44-39-25-23-37(48-39)42(29-13-6-2-7-14-29)35-21-19-33(46-35)41(28-11-4-1-5-12-28)34-20-22-36(47-34)43(30-15-8-3-9-16-30)38-24-26-40(44)49-38;1-2-14-10-16-5-6-18(23-16)12-20-8-7-19(24-20)11-17-4-3-15(22-17)9-13(1)21-14/h1-27,46,49H,45H2;1-12,21,24H. The molecule has 0 saturated heterocycles. The van der Waals surface area contributed by atoms with E-state index in [0.29, 0.717) is 5.69 Å². The van der Waals surface area contributed by atoms with Gasteiger partial charge < -0.3 is 25.7 Å². The zero-order valence-electron chi connectivity index (χ0n) is 39.4. The number of benzene rings is 4. The van der Waals surface area contributed by atoms with Crippen LogP contribution in [0.15, 0.2) is 188 Å². The van der Waals surface area contributed by atoms with Gasteiger partial charge in [0.1, 0.15) is 0 Å². The van der Waals surface area contributed by atoms with Gasteiger partial charge in [-0.05, 0) is 156 Å². The summed E-state index contributed by atoms with van der Waals surface area (Å²) >= 11 is 0. The monoisotopic (exact) mass is 939 g/mol. The maximum Gasteiger partial charge on any atom is 0.0737 e. The van der Waals surface area contributed by atoms with Crippen LogP contribution in [-0.2, 0) is 0 Å². The Morgan fingerprint density at radius 1 is 0.260 bits per heavy atom. The number of aromatic amines is 4. The number of hydrogen-bond donors (Lipinski definition) is 5. The molecule has 73 heavy (non-hydrogen) atoms. The van der Waals surface area contributed by atoms with Crippen molar-refractivity contribution in [2.24, 2.45) is 0 Å². The van der Waals surface area contributed by atoms with Crippen LogP contribution < -0.4 is 5.73 Å². The van der Waals surface area contributed by atoms with Crippen LogP contribution in [0.2, 0.25) is 0 Å². The molecule has 9 nitrogen and oxygen atoms in total. The second kappa shape index (κ2) is 18.3. The van der Waals surface area contributed by atoms with Crippen molar-refractivity contribution in [3.63, 3.8) is 0 Å². The Morgan fingerprint density at radius 3 is 0.904 bits per heavy atom. The van der Waals surface area contributed by atoms with E-state index in [0.717, 1.165) is 134 Å². The predicted octanol–water partition coefficient (Wildman–Crippen LogP) is 15.6. The fraction of sp³-hybridized carbons (Fsp3) is 0. The Morgan fingerprint density at radius 2 is 0.575 bits per heavy atom. The molecule has 0 aliphatic carbocycles. The summed E-state index contributed by atoms with van der Waals surface area (Å²) in [5.41, 5.74) is 30.5. The summed E-state index contributed by atoms with van der Waals surface area (Å²) in [6, 6.07) is 64.3. The lowest BCUT2D eigenvalue weighted by atomic mass is 10.0. The third-order valence-corrected chi connectivity index (χ3v) is 13.2. The van der Waals surface area contributed by atoms with Crippen LogP contribution in [0.4, 0.5) is 5.69 Å². The van der Waals surface area contributed by atoms with Gasteiger partial charge in [0.2, 0.25) is 0 Å². The SMILES string of the molecule is C1=Cc2cc3ccc(cc4nc(cc5ccc(cc1n2)[nH]5)C=C4)[nH]3.Nc1cccc(-c2c3nc(c(-c4ccccc4)c4ccc([nH]4)c(-c4ccccc4)c4nc(c(-c5ccccc5)c5ccc2[nH]5)C=C4)C=C3)c1. The number of aromatic nitrogens is 8. The Balaban J connectivity index is 0.000000179. The van der Waals surface area contributed by atoms with E-state index in [1.54, 1.807) is 0 Å². The molecule has 0 atom stereocenters. The Labute approximate surface area is 420 Å². The first-order valence-electron chi connectivity index (χ1n) is 24.2. The molecule has 0 spiro atoms. The minimum absolute atomic E-state index is 0.696. The molecule has 0 radical (unpaired) electrons. The van der Waals surface area contributed by atoms with Crippen LogP contribution in [0.25, 0.3) is 137 Å². The van der Waals surface area contributed by atoms with Crippen molar-refractivity contribution in [2.45, 2.75) is 0 Å². The molecule has 0 saturated carbocycles. The summed E-state index contributed by atoms with van der Waals surface area (Å²) in [4.78, 5) is 34.3. The molecule has 14 rings (SSSR count). The van der Waals surface area contributed by atoms with Crippen molar-refractivity contribution in [3.8, 4) is 44.5 Å². The molecule has 4 aliphatic rings. The molecule has 16 bridgehead atoms. The lowest BCUT2D eigenvalue weighted by Crippen LogP contribution is -1.90. The second-order valence-corrected chi connectivity index (χ2v) is 18.1. The Hall–Kier alpha value is -10.1. The van der Waals surface area contributed by atoms with Crippen molar-refractivity contribution in [3.05, 3.63) is 234 Å². The largest absolute Gasteiger partial charge is 0.399 e. The normalized spacial score (nSPS) is 12.2. The maximum absolute atomic E-state index is 6.35. The third kappa shape index (κ3) is 8.68. The average Bonchev–Trinajstić information content (AvgIpc) is 4.27. The highest BCUT2D eigenvalue weighted by atomic mass is 14.8. The summed E-state index contributed by atoms with van der Waals surface area (Å²) in [7, 11) is 0. The van der Waals surface area contributed by atoms with Gasteiger partial charge in [-0.25, -0.2) is 19.9 Å². The van der Waals surface area contributed by atoms with E-state index in [1.807, 2.05) is 85.0 Å². The smallest absolute Gasteiger partial charge is 0.0737 e. The fourth-order valence-corrected chi connectivity index (χ4v) is 9.87. The molecule has 0 fully saturated rings. The number of nitrogens with zero attached hydrogens (tertiary/aromatic N) is 4. The zero-order valence-corrected chi connectivity index (χ0v) is 39.4. The van der Waals surface area contributed by atoms with Gasteiger partial charge in [0, 0.05) is 72.1 Å². The molecular weight excluding hydrogens is 895 g/mol. The molecule has 10 aromatic rings. The number of nitrogen functional groups attached to an aromatic ring is 1. The molecule has 9 heteroatoms. The lowest BCUT2D eigenvalue weighted by molar-refractivity contribution is 1.31. The van der Waals surface area contributed by atoms with Gasteiger partial charge in [-0.2, -0.15) is 0 Å². The second-order valence-electron chi connectivity index (χ2n) is 18.1. The van der Waals surface area contributed by atoms with Gasteiger partial charge in [-0.15, -0.1) is 0 Å². The highest BCUT2D eigenvalue weighted by molar-refractivity contribution is 6.00. The van der Waals surface area contributed by atoms with Gasteiger partial charge in [-0.3, -0.25) is 0 Å². The highest BCUT2D eigenvalue weighted by Crippen LogP contribution is 2.38. The van der Waals surface area contributed by atoms with E-state index < -0.39 is 0 Å². The number of nitrogens with one attached hydrogen (secondary N) is 4. The number of fused-ring (bicyclic) bond motifs is 16. The molecule has 0 unspecified atom stereocenters. The summed E-state index contributed by atoms with van der Waals surface area (Å²) in [6.07, 6.45) is 16.6. The van der Waals surface area contributed by atoms with Crippen LogP contribution in [0.5, 0.6) is 0 Å². The molecule has 6 aromatic heterocycles. The molecule has 6 N–H and O–H groups in total. The minimum atomic E-state index is 0.696. The van der Waals surface area contributed by atoms with E-state index in [4.69, 9.17) is 15.7 Å². The lowest BCUT2D eigenvalue weighted by Gasteiger charge is -2.07. The molecule has 4 aliphatic heterocycles. The highest BCUT2D eigenvalue weighted by Gasteiger charge is 2.19. The molecule has 10 heterocycles. The van der Waals surface area contributed by atoms with Gasteiger partial charge in [0.05, 0.1) is 45.6 Å². The first-order chi connectivity index (χ1) is 36.0. The molecular formula is C64H45N9. The van der Waals surface area contributed by atoms with Crippen LogP contribution in [0.1, 0.15) is 45.6 Å². The Bertz CT molecular complexity index is 4050. The maximum atomic E-state index is 6.35. The number of rotatable bonds is 4. The minimum Gasteiger partial charge on any atom is -0.399 e. The van der Waals surface area contributed by atoms with E-state index in [-0.39, 0.29) is 0 Å². The quantitative estimate of drug-likeness (QED) is 0.112. The van der Waals surface area contributed by atoms with Crippen molar-refractivity contribution in [1.82, 2.24) is 39.9 Å². The Kier molecular flexibility index (Phi) is 10.8. The van der Waals surface area contributed by atoms with Crippen molar-refractivity contribution < 1.29 is 0 Å². The van der Waals surface area contributed by atoms with Crippen molar-refractivity contribution >= 4 is 98.4 Å². The third-order valence-electron chi connectivity index (χ3n) is 13.2. The molecule has 0 amide bonds. The first-order valence-corrected chi connectivity index (χ1v) is 24.2. The van der Waals surface area contributed by atoms with Gasteiger partial charge in [0.15, 0.2) is 0 Å². The van der Waals surface area contributed by atoms with Crippen LogP contribution in [-0.4, -0.2) is 39.9 Å². The number of hydrogen-bond acceptors (Lipinski definition) is 5. The van der Waals surface area contributed by atoms with Gasteiger partial charge >= 0.3 is 0 Å². The first kappa shape index (κ1) is 42.9. The molecule has 4 aromatic carbocycles. The summed E-state index contributed by atoms with van der Waals surface area (Å²) in [5.74, 6) is 0. The predicted molar refractivity (Wildman–Crippen MR) is 304 cm³/mol. The summed E-state index contributed by atoms with van der Waals surface area (Å²) in [6.45, 7) is 0. The molecule has 346 valence electrons. The summed E-state index contributed by atoms with van der Waals surface area (Å²) < 4.78 is 0. The van der Waals surface area contributed by atoms with Gasteiger partial charge in [-0.1, -0.05) is 103 Å². The number of nitrogens with two attached hydrogens (primary N) is 1. The van der Waals surface area contributed by atoms with E-state index in [9.17, 15) is 0 Å². The van der Waals surface area contributed by atoms with E-state index >= 15 is 0 Å². The number of H-pyrrole nitrogens is 4. The van der Waals surface area contributed by atoms with E-state index in [2.05, 4.69) is 182 Å². The van der Waals surface area contributed by atoms with Crippen LogP contribution in [0, 0.1) is 0 Å². The average molecular weight is 940 g/mol. The van der Waals surface area contributed by atoms with E-state index in [1.165, 1.54) is 0 Å². The topological polar surface area (TPSA) is 141 Å². The zero-order chi connectivity index (χ0) is 48.7. The number of anilines is 1. The summed E-state index contributed by atoms with van der Waals surface area (Å²) in [5, 5.41) is 0. The van der Waals surface area contributed by atoms with Crippen LogP contribution in [0.3, 0.4) is 0 Å². The van der Waals surface area contributed by atoms with Crippen molar-refractivity contribution in [2.75, 3.05) is 5.73 Å². The van der Waals surface area contributed by atoms with Crippen molar-refractivity contribution in [1.29, 1.82) is 0 Å². The van der Waals surface area contributed by atoms with Gasteiger partial charge in [0.25, 0.3) is 0 Å². The van der Waals surface area contributed by atoms with Crippen LogP contribution >= 0.6 is 0 Å².